The van der Waals surface area contributed by atoms with Crippen molar-refractivity contribution in [3.05, 3.63) is 70.2 Å². The van der Waals surface area contributed by atoms with Crippen molar-refractivity contribution in [2.24, 2.45) is 0 Å². The zero-order chi connectivity index (χ0) is 23.8. The highest BCUT2D eigenvalue weighted by molar-refractivity contribution is 9.10. The molecule has 0 aliphatic heterocycles. The van der Waals surface area contributed by atoms with E-state index in [-0.39, 0.29) is 5.41 Å². The van der Waals surface area contributed by atoms with E-state index in [9.17, 15) is 0 Å². The summed E-state index contributed by atoms with van der Waals surface area (Å²) in [4.78, 5) is 0. The molecule has 0 saturated carbocycles. The van der Waals surface area contributed by atoms with Gasteiger partial charge in [0.25, 0.3) is 0 Å². The third-order valence-corrected chi connectivity index (χ3v) is 8.45. The molecule has 1 heteroatoms. The number of hydrogen-bond donors (Lipinski definition) is 0. The molecule has 0 heterocycles. The normalized spacial score (nSPS) is 13.9. The van der Waals surface area contributed by atoms with Crippen molar-refractivity contribution in [3.8, 4) is 11.1 Å². The molecule has 3 aromatic carbocycles. The van der Waals surface area contributed by atoms with E-state index >= 15 is 0 Å². The van der Waals surface area contributed by atoms with Crippen LogP contribution in [0.1, 0.15) is 115 Å². The number of fused-ring (bicyclic) bond motifs is 4. The minimum atomic E-state index is 0.116. The van der Waals surface area contributed by atoms with Crippen molar-refractivity contribution >= 4 is 26.7 Å². The second-order valence-corrected chi connectivity index (χ2v) is 11.4. The maximum Gasteiger partial charge on any atom is 0.0221 e. The molecule has 0 atom stereocenters. The Bertz CT molecular complexity index is 1050. The van der Waals surface area contributed by atoms with Gasteiger partial charge in [-0.2, -0.15) is 0 Å². The summed E-state index contributed by atoms with van der Waals surface area (Å²) in [5, 5.41) is 2.73. The monoisotopic (exact) mass is 517 g/mol. The van der Waals surface area contributed by atoms with Gasteiger partial charge in [-0.1, -0.05) is 131 Å². The summed E-state index contributed by atoms with van der Waals surface area (Å²) < 4.78 is 1.14. The van der Waals surface area contributed by atoms with Crippen LogP contribution in [0.2, 0.25) is 0 Å². The quantitative estimate of drug-likeness (QED) is 0.186. The molecule has 0 spiro atoms. The van der Waals surface area contributed by atoms with Crippen LogP contribution in [0.25, 0.3) is 21.9 Å². The largest absolute Gasteiger partial charge is 0.0654 e. The first-order valence-corrected chi connectivity index (χ1v) is 14.7. The van der Waals surface area contributed by atoms with E-state index in [0.29, 0.717) is 0 Å². The smallest absolute Gasteiger partial charge is 0.0221 e. The van der Waals surface area contributed by atoms with E-state index in [2.05, 4.69) is 84.4 Å². The van der Waals surface area contributed by atoms with Crippen LogP contribution >= 0.6 is 15.9 Å². The molecule has 1 aliphatic carbocycles. The van der Waals surface area contributed by atoms with Crippen molar-refractivity contribution in [2.45, 2.75) is 109 Å². The fraction of sp³-hybridized carbons (Fsp3) is 0.515. The molecule has 0 aromatic heterocycles. The lowest BCUT2D eigenvalue weighted by Gasteiger charge is -2.33. The van der Waals surface area contributed by atoms with Crippen LogP contribution in [0.5, 0.6) is 0 Å². The second kappa shape index (κ2) is 12.4. The minimum absolute atomic E-state index is 0.116. The summed E-state index contributed by atoms with van der Waals surface area (Å²) in [7, 11) is 0. The molecular formula is C33H42Br. The van der Waals surface area contributed by atoms with Gasteiger partial charge in [-0.3, -0.25) is 0 Å². The highest BCUT2D eigenvalue weighted by Crippen LogP contribution is 2.55. The molecule has 34 heavy (non-hydrogen) atoms. The zero-order valence-electron chi connectivity index (χ0n) is 21.4. The molecule has 1 radical (unpaired) electrons. The van der Waals surface area contributed by atoms with Gasteiger partial charge < -0.3 is 0 Å². The molecule has 0 unspecified atom stereocenters. The van der Waals surface area contributed by atoms with E-state index in [1.54, 1.807) is 5.56 Å². The number of benzene rings is 3. The Balaban J connectivity index is 1.67. The third kappa shape index (κ3) is 5.62. The predicted octanol–water partition coefficient (Wildman–Crippen LogP) is 11.2. The molecule has 181 valence electrons. The molecule has 0 nitrogen and oxygen atoms in total. The van der Waals surface area contributed by atoms with Gasteiger partial charge in [0, 0.05) is 9.89 Å². The van der Waals surface area contributed by atoms with Crippen LogP contribution in [0.4, 0.5) is 0 Å². The van der Waals surface area contributed by atoms with Gasteiger partial charge in [0.15, 0.2) is 0 Å². The standard InChI is InChI=1S/C33H42Br/c1-3-5-7-9-11-15-21-33(22-16-12-10-8-6-4-2)31-20-19-28(34)25-30(31)29-23-26-17-13-14-18-27(26)24-32(29)33/h13-14,17-19,23-25H,3-12,15-16,21-22H2,1-2H3. The van der Waals surface area contributed by atoms with E-state index < -0.39 is 0 Å². The zero-order valence-corrected chi connectivity index (χ0v) is 23.0. The molecular weight excluding hydrogens is 476 g/mol. The average molecular weight is 519 g/mol. The molecule has 1 aliphatic rings. The van der Waals surface area contributed by atoms with Crippen LogP contribution in [-0.4, -0.2) is 0 Å². The maximum atomic E-state index is 3.79. The van der Waals surface area contributed by atoms with Crippen LogP contribution in [0, 0.1) is 6.07 Å². The van der Waals surface area contributed by atoms with E-state index in [1.165, 1.54) is 117 Å². The van der Waals surface area contributed by atoms with Gasteiger partial charge >= 0.3 is 0 Å². The fourth-order valence-corrected chi connectivity index (χ4v) is 6.47. The highest BCUT2D eigenvalue weighted by atomic mass is 79.9. The number of rotatable bonds is 14. The Morgan fingerprint density at radius 3 is 1.85 bits per heavy atom. The van der Waals surface area contributed by atoms with Crippen LogP contribution < -0.4 is 0 Å². The maximum absolute atomic E-state index is 3.79. The van der Waals surface area contributed by atoms with Gasteiger partial charge in [0.2, 0.25) is 0 Å². The summed E-state index contributed by atoms with van der Waals surface area (Å²) in [5.74, 6) is 0. The van der Waals surface area contributed by atoms with Gasteiger partial charge in [-0.15, -0.1) is 0 Å². The lowest BCUT2D eigenvalue weighted by molar-refractivity contribution is 0.397. The number of unbranched alkanes of at least 4 members (excludes halogenated alkanes) is 10. The topological polar surface area (TPSA) is 0 Å². The van der Waals surface area contributed by atoms with Crippen LogP contribution in [0.3, 0.4) is 0 Å². The van der Waals surface area contributed by atoms with Crippen molar-refractivity contribution in [1.29, 1.82) is 0 Å². The summed E-state index contributed by atoms with van der Waals surface area (Å²) >= 11 is 3.75. The van der Waals surface area contributed by atoms with Gasteiger partial charge in [-0.25, -0.2) is 0 Å². The molecule has 0 N–H and O–H groups in total. The summed E-state index contributed by atoms with van der Waals surface area (Å²) in [6.45, 7) is 4.61. The Morgan fingerprint density at radius 2 is 1.24 bits per heavy atom. The first kappa shape index (κ1) is 25.5. The SMILES string of the molecule is CCCCCCCCC1(CCCCCCCC)c2[c]cc(Br)cc2-c2cc3ccccc3cc21. The van der Waals surface area contributed by atoms with Crippen molar-refractivity contribution in [3.63, 3.8) is 0 Å². The first-order chi connectivity index (χ1) is 16.7. The fourth-order valence-electron chi connectivity index (χ4n) is 6.13. The molecule has 0 fully saturated rings. The van der Waals surface area contributed by atoms with Gasteiger partial charge in [0.05, 0.1) is 0 Å². The van der Waals surface area contributed by atoms with E-state index in [1.807, 2.05) is 0 Å². The number of halogens is 1. The Kier molecular flexibility index (Phi) is 9.29. The van der Waals surface area contributed by atoms with Crippen molar-refractivity contribution < 1.29 is 0 Å². The molecule has 4 rings (SSSR count). The lowest BCUT2D eigenvalue weighted by Crippen LogP contribution is -2.25. The summed E-state index contributed by atoms with van der Waals surface area (Å²) in [5.41, 5.74) is 6.00. The Labute approximate surface area is 216 Å². The van der Waals surface area contributed by atoms with Gasteiger partial charge in [-0.05, 0) is 76.2 Å². The third-order valence-electron chi connectivity index (χ3n) is 7.99. The minimum Gasteiger partial charge on any atom is -0.0654 e. The van der Waals surface area contributed by atoms with Crippen molar-refractivity contribution in [1.82, 2.24) is 0 Å². The lowest BCUT2D eigenvalue weighted by atomic mass is 9.70. The summed E-state index contributed by atoms with van der Waals surface area (Å²) in [6.07, 6.45) is 18.8. The molecule has 0 saturated heterocycles. The summed E-state index contributed by atoms with van der Waals surface area (Å²) in [6, 6.07) is 22.2. The van der Waals surface area contributed by atoms with Crippen LogP contribution in [-0.2, 0) is 5.41 Å². The van der Waals surface area contributed by atoms with E-state index in [0.717, 1.165) is 4.47 Å². The predicted molar refractivity (Wildman–Crippen MR) is 153 cm³/mol. The molecule has 0 amide bonds. The molecule has 3 aromatic rings. The van der Waals surface area contributed by atoms with Crippen molar-refractivity contribution in [2.75, 3.05) is 0 Å². The Morgan fingerprint density at radius 1 is 0.676 bits per heavy atom. The highest BCUT2D eigenvalue weighted by Gasteiger charge is 2.42. The van der Waals surface area contributed by atoms with Crippen LogP contribution in [0.15, 0.2) is 53.0 Å². The average Bonchev–Trinajstić information content (AvgIpc) is 3.10. The molecule has 0 bridgehead atoms. The number of hydrogen-bond acceptors (Lipinski definition) is 0. The van der Waals surface area contributed by atoms with E-state index in [4.69, 9.17) is 0 Å². The Hall–Kier alpha value is -1.60. The second-order valence-electron chi connectivity index (χ2n) is 10.5. The van der Waals surface area contributed by atoms with Gasteiger partial charge in [0.1, 0.15) is 0 Å². The first-order valence-electron chi connectivity index (χ1n) is 13.9.